The van der Waals surface area contributed by atoms with E-state index in [1.807, 2.05) is 19.0 Å². The molecule has 5 nitrogen and oxygen atoms in total. The Labute approximate surface area is 96.3 Å². The summed E-state index contributed by atoms with van der Waals surface area (Å²) < 4.78 is 4.92. The van der Waals surface area contributed by atoms with Gasteiger partial charge in [0.1, 0.15) is 0 Å². The molecule has 0 aliphatic carbocycles. The minimum atomic E-state index is -0.269. The number of ether oxygens (including phenoxy) is 1. The highest BCUT2D eigenvalue weighted by Gasteiger charge is 2.34. The van der Waals surface area contributed by atoms with Gasteiger partial charge in [0.2, 0.25) is 5.91 Å². The second kappa shape index (κ2) is 5.84. The molecule has 0 bridgehead atoms. The molecule has 5 heteroatoms. The van der Waals surface area contributed by atoms with Crippen molar-refractivity contribution >= 4 is 11.9 Å². The Morgan fingerprint density at radius 2 is 2.25 bits per heavy atom. The van der Waals surface area contributed by atoms with Crippen molar-refractivity contribution in [2.45, 2.75) is 13.3 Å². The maximum absolute atomic E-state index is 11.6. The van der Waals surface area contributed by atoms with Gasteiger partial charge >= 0.3 is 5.97 Å². The number of rotatable bonds is 5. The molecule has 0 saturated carbocycles. The first-order chi connectivity index (χ1) is 7.54. The number of carbonyl (C=O) groups excluding carboxylic acids is 2. The Kier molecular flexibility index (Phi) is 4.73. The summed E-state index contributed by atoms with van der Waals surface area (Å²) in [4.78, 5) is 26.8. The summed E-state index contributed by atoms with van der Waals surface area (Å²) in [6.45, 7) is 4.16. The van der Waals surface area contributed by atoms with E-state index in [0.717, 1.165) is 6.54 Å². The molecule has 0 N–H and O–H groups in total. The fourth-order valence-corrected chi connectivity index (χ4v) is 1.73. The number of nitrogens with zero attached hydrogens (tertiary/aromatic N) is 2. The molecule has 92 valence electrons. The molecule has 1 atom stereocenters. The number of likely N-dealkylation sites (N-methyl/N-ethyl adjacent to an activating group) is 1. The normalized spacial score (nSPS) is 20.6. The predicted molar refractivity (Wildman–Crippen MR) is 59.9 cm³/mol. The monoisotopic (exact) mass is 228 g/mol. The van der Waals surface area contributed by atoms with Crippen LogP contribution in [0, 0.1) is 5.92 Å². The van der Waals surface area contributed by atoms with E-state index in [2.05, 4.69) is 0 Å². The Bertz CT molecular complexity index is 266. The summed E-state index contributed by atoms with van der Waals surface area (Å²) in [5.41, 5.74) is 0. The molecule has 1 rings (SSSR count). The number of esters is 1. The topological polar surface area (TPSA) is 49.9 Å². The zero-order valence-electron chi connectivity index (χ0n) is 10.2. The number of hydrogen-bond donors (Lipinski definition) is 0. The Hall–Kier alpha value is -1.10. The third-order valence-corrected chi connectivity index (χ3v) is 2.65. The van der Waals surface area contributed by atoms with Gasteiger partial charge in [-0.05, 0) is 21.0 Å². The largest absolute Gasteiger partial charge is 0.466 e. The van der Waals surface area contributed by atoms with Gasteiger partial charge in [0, 0.05) is 26.1 Å². The van der Waals surface area contributed by atoms with E-state index in [1.54, 1.807) is 11.8 Å². The fraction of sp³-hybridized carbons (Fsp3) is 0.818. The predicted octanol–water partition coefficient (Wildman–Crippen LogP) is -0.0404. The Morgan fingerprint density at radius 3 is 2.81 bits per heavy atom. The summed E-state index contributed by atoms with van der Waals surface area (Å²) in [7, 11) is 3.92. The zero-order chi connectivity index (χ0) is 12.1. The van der Waals surface area contributed by atoms with E-state index < -0.39 is 0 Å². The van der Waals surface area contributed by atoms with Crippen LogP contribution in [0.25, 0.3) is 0 Å². The van der Waals surface area contributed by atoms with Gasteiger partial charge in [-0.25, -0.2) is 0 Å². The van der Waals surface area contributed by atoms with Gasteiger partial charge in [-0.3, -0.25) is 9.59 Å². The van der Waals surface area contributed by atoms with Crippen molar-refractivity contribution in [1.82, 2.24) is 9.80 Å². The van der Waals surface area contributed by atoms with E-state index in [4.69, 9.17) is 4.74 Å². The lowest BCUT2D eigenvalue weighted by Crippen LogP contribution is -2.33. The van der Waals surface area contributed by atoms with Crippen molar-refractivity contribution in [1.29, 1.82) is 0 Å². The van der Waals surface area contributed by atoms with E-state index in [0.29, 0.717) is 26.1 Å². The van der Waals surface area contributed by atoms with Crippen LogP contribution in [0.4, 0.5) is 0 Å². The molecule has 0 aromatic rings. The van der Waals surface area contributed by atoms with Crippen LogP contribution in [0.2, 0.25) is 0 Å². The maximum atomic E-state index is 11.6. The van der Waals surface area contributed by atoms with E-state index in [-0.39, 0.29) is 17.8 Å². The first-order valence-electron chi connectivity index (χ1n) is 5.63. The lowest BCUT2D eigenvalue weighted by atomic mass is 10.1. The highest BCUT2D eigenvalue weighted by Crippen LogP contribution is 2.18. The Balaban J connectivity index is 2.41. The molecule has 1 fully saturated rings. The van der Waals surface area contributed by atoms with Crippen LogP contribution in [0.15, 0.2) is 0 Å². The first-order valence-corrected chi connectivity index (χ1v) is 5.63. The fourth-order valence-electron chi connectivity index (χ4n) is 1.73. The van der Waals surface area contributed by atoms with Gasteiger partial charge in [-0.1, -0.05) is 0 Å². The van der Waals surface area contributed by atoms with Crippen LogP contribution < -0.4 is 0 Å². The van der Waals surface area contributed by atoms with Gasteiger partial charge in [-0.15, -0.1) is 0 Å². The van der Waals surface area contributed by atoms with Crippen molar-refractivity contribution in [3.8, 4) is 0 Å². The number of hydrogen-bond acceptors (Lipinski definition) is 4. The average molecular weight is 228 g/mol. The summed E-state index contributed by atoms with van der Waals surface area (Å²) in [6.07, 6.45) is 0.298. The van der Waals surface area contributed by atoms with Crippen LogP contribution in [-0.4, -0.2) is 62.0 Å². The molecule has 1 aliphatic heterocycles. The molecule has 1 heterocycles. The SMILES string of the molecule is CCOC(=O)C1CC(=O)N(CCN(C)C)C1. The highest BCUT2D eigenvalue weighted by atomic mass is 16.5. The minimum Gasteiger partial charge on any atom is -0.466 e. The van der Waals surface area contributed by atoms with E-state index >= 15 is 0 Å². The summed E-state index contributed by atoms with van der Waals surface area (Å²) in [6, 6.07) is 0. The second-order valence-electron chi connectivity index (χ2n) is 4.30. The van der Waals surface area contributed by atoms with E-state index in [9.17, 15) is 9.59 Å². The summed E-state index contributed by atoms with van der Waals surface area (Å²) in [5.74, 6) is -0.460. The van der Waals surface area contributed by atoms with Gasteiger partial charge in [0.25, 0.3) is 0 Å². The molecule has 0 spiro atoms. The van der Waals surface area contributed by atoms with Crippen LogP contribution >= 0.6 is 0 Å². The van der Waals surface area contributed by atoms with Crippen molar-refractivity contribution in [2.24, 2.45) is 5.92 Å². The third-order valence-electron chi connectivity index (χ3n) is 2.65. The Morgan fingerprint density at radius 1 is 1.56 bits per heavy atom. The molecule has 0 aromatic heterocycles. The quantitative estimate of drug-likeness (QED) is 0.620. The highest BCUT2D eigenvalue weighted by molar-refractivity contribution is 5.86. The second-order valence-corrected chi connectivity index (χ2v) is 4.30. The van der Waals surface area contributed by atoms with Crippen molar-refractivity contribution in [3.05, 3.63) is 0 Å². The number of carbonyl (C=O) groups is 2. The van der Waals surface area contributed by atoms with Gasteiger partial charge in [0.05, 0.1) is 12.5 Å². The molecular weight excluding hydrogens is 208 g/mol. The van der Waals surface area contributed by atoms with E-state index in [1.165, 1.54) is 0 Å². The maximum Gasteiger partial charge on any atom is 0.311 e. The van der Waals surface area contributed by atoms with Gasteiger partial charge < -0.3 is 14.5 Å². The lowest BCUT2D eigenvalue weighted by molar-refractivity contribution is -0.147. The smallest absolute Gasteiger partial charge is 0.311 e. The molecule has 0 aromatic carbocycles. The molecule has 0 radical (unpaired) electrons. The molecule has 1 unspecified atom stereocenters. The van der Waals surface area contributed by atoms with Crippen molar-refractivity contribution in [2.75, 3.05) is 40.3 Å². The molecular formula is C11H20N2O3. The lowest BCUT2D eigenvalue weighted by Gasteiger charge is -2.18. The summed E-state index contributed by atoms with van der Waals surface area (Å²) >= 11 is 0. The van der Waals surface area contributed by atoms with Gasteiger partial charge in [0.15, 0.2) is 0 Å². The zero-order valence-corrected chi connectivity index (χ0v) is 10.2. The first kappa shape index (κ1) is 13.0. The minimum absolute atomic E-state index is 0.0555. The third kappa shape index (κ3) is 3.48. The van der Waals surface area contributed by atoms with Crippen molar-refractivity contribution in [3.63, 3.8) is 0 Å². The summed E-state index contributed by atoms with van der Waals surface area (Å²) in [5, 5.41) is 0. The standard InChI is InChI=1S/C11H20N2O3/c1-4-16-11(15)9-7-10(14)13(8-9)6-5-12(2)3/h9H,4-8H2,1-3H3. The average Bonchev–Trinajstić information content (AvgIpc) is 2.57. The van der Waals surface area contributed by atoms with Crippen LogP contribution in [-0.2, 0) is 14.3 Å². The molecule has 1 aliphatic rings. The molecule has 1 amide bonds. The number of likely N-dealkylation sites (tertiary alicyclic amines) is 1. The van der Waals surface area contributed by atoms with Crippen LogP contribution in [0.1, 0.15) is 13.3 Å². The molecule has 1 saturated heterocycles. The molecule has 16 heavy (non-hydrogen) atoms. The van der Waals surface area contributed by atoms with Crippen LogP contribution in [0.5, 0.6) is 0 Å². The number of amides is 1. The van der Waals surface area contributed by atoms with Crippen molar-refractivity contribution < 1.29 is 14.3 Å². The van der Waals surface area contributed by atoms with Crippen LogP contribution in [0.3, 0.4) is 0 Å². The van der Waals surface area contributed by atoms with Gasteiger partial charge in [-0.2, -0.15) is 0 Å².